The molecule has 0 saturated heterocycles. The van der Waals surface area contributed by atoms with Crippen molar-refractivity contribution in [1.82, 2.24) is 9.97 Å². The maximum Gasteiger partial charge on any atom is 0.335 e. The number of aromatic amines is 1. The van der Waals surface area contributed by atoms with Crippen LogP contribution in [0.25, 0.3) is 11.0 Å². The van der Waals surface area contributed by atoms with Gasteiger partial charge < -0.3 is 10.1 Å². The number of H-pyrrole nitrogens is 1. The highest BCUT2D eigenvalue weighted by Crippen LogP contribution is 2.16. The Labute approximate surface area is 84.2 Å². The van der Waals surface area contributed by atoms with Gasteiger partial charge in [-0.05, 0) is 12.1 Å². The number of hydrogen-bond donors (Lipinski definition) is 2. The number of hydrogen-bond acceptors (Lipinski definition) is 2. The van der Waals surface area contributed by atoms with E-state index in [1.165, 1.54) is 12.4 Å². The number of benzene rings is 1. The summed E-state index contributed by atoms with van der Waals surface area (Å²) < 4.78 is 13.1. The molecule has 74 valence electrons. The van der Waals surface area contributed by atoms with Crippen LogP contribution in [0, 0.1) is 5.82 Å². The van der Waals surface area contributed by atoms with E-state index in [1.54, 1.807) is 0 Å². The molecule has 1 heterocycles. The Morgan fingerprint density at radius 3 is 2.86 bits per heavy atom. The molecule has 0 atom stereocenters. The summed E-state index contributed by atoms with van der Waals surface area (Å²) in [4.78, 5) is 16.9. The average molecular weight is 217 g/mol. The molecule has 2 aromatic rings. The third kappa shape index (κ3) is 1.54. The molecule has 6 heteroatoms. The van der Waals surface area contributed by atoms with E-state index in [0.29, 0.717) is 5.52 Å². The molecule has 0 amide bonds. The summed E-state index contributed by atoms with van der Waals surface area (Å²) in [5, 5.41) is 8.61. The Bertz CT molecular complexity index is 483. The van der Waals surface area contributed by atoms with Crippen molar-refractivity contribution in [3.8, 4) is 0 Å². The van der Waals surface area contributed by atoms with E-state index in [2.05, 4.69) is 9.97 Å². The van der Waals surface area contributed by atoms with Crippen molar-refractivity contribution in [3.63, 3.8) is 0 Å². The molecule has 0 radical (unpaired) electrons. The fraction of sp³-hybridized carbons (Fsp3) is 0. The normalized spacial score (nSPS) is 9.79. The van der Waals surface area contributed by atoms with Gasteiger partial charge in [0.15, 0.2) is 5.82 Å². The topological polar surface area (TPSA) is 66.0 Å². The molecule has 4 nitrogen and oxygen atoms in total. The first-order valence-corrected chi connectivity index (χ1v) is 3.54. The monoisotopic (exact) mass is 216 g/mol. The molecule has 0 saturated carbocycles. The Kier molecular flexibility index (Phi) is 2.71. The molecule has 0 unspecified atom stereocenters. The van der Waals surface area contributed by atoms with Crippen molar-refractivity contribution in [2.45, 2.75) is 0 Å². The minimum Gasteiger partial charge on any atom is -0.478 e. The van der Waals surface area contributed by atoms with Crippen LogP contribution >= 0.6 is 12.4 Å². The van der Waals surface area contributed by atoms with Gasteiger partial charge in [0.25, 0.3) is 0 Å². The third-order valence-electron chi connectivity index (χ3n) is 1.72. The van der Waals surface area contributed by atoms with Crippen molar-refractivity contribution in [1.29, 1.82) is 0 Å². The second-order valence-electron chi connectivity index (χ2n) is 2.56. The number of nitrogens with one attached hydrogen (secondary N) is 1. The van der Waals surface area contributed by atoms with Crippen molar-refractivity contribution >= 4 is 29.4 Å². The van der Waals surface area contributed by atoms with Gasteiger partial charge in [-0.15, -0.1) is 12.4 Å². The zero-order valence-electron chi connectivity index (χ0n) is 6.82. The first kappa shape index (κ1) is 10.5. The van der Waals surface area contributed by atoms with Gasteiger partial charge in [-0.25, -0.2) is 14.2 Å². The van der Waals surface area contributed by atoms with Gasteiger partial charge in [0.1, 0.15) is 5.52 Å². The summed E-state index contributed by atoms with van der Waals surface area (Å²) in [6, 6.07) is 2.29. The van der Waals surface area contributed by atoms with Crippen molar-refractivity contribution in [3.05, 3.63) is 29.8 Å². The SMILES string of the molecule is Cl.O=C(O)c1cc(F)c2nc[nH]c2c1. The van der Waals surface area contributed by atoms with Crippen molar-refractivity contribution in [2.24, 2.45) is 0 Å². The Morgan fingerprint density at radius 2 is 2.21 bits per heavy atom. The number of fused-ring (bicyclic) bond motifs is 1. The summed E-state index contributed by atoms with van der Waals surface area (Å²) in [7, 11) is 0. The number of rotatable bonds is 1. The molecule has 0 aliphatic rings. The van der Waals surface area contributed by atoms with Crippen LogP contribution in [-0.4, -0.2) is 21.0 Å². The highest BCUT2D eigenvalue weighted by atomic mass is 35.5. The first-order chi connectivity index (χ1) is 6.18. The summed E-state index contributed by atoms with van der Waals surface area (Å²) in [6.07, 6.45) is 1.32. The van der Waals surface area contributed by atoms with Crippen LogP contribution in [0.4, 0.5) is 4.39 Å². The van der Waals surface area contributed by atoms with Crippen LogP contribution in [0.3, 0.4) is 0 Å². The number of halogens is 2. The van der Waals surface area contributed by atoms with Crippen LogP contribution in [-0.2, 0) is 0 Å². The van der Waals surface area contributed by atoms with Gasteiger partial charge in [-0.2, -0.15) is 0 Å². The van der Waals surface area contributed by atoms with Gasteiger partial charge in [0, 0.05) is 0 Å². The highest BCUT2D eigenvalue weighted by molar-refractivity contribution is 5.92. The number of carboxylic acids is 1. The molecular formula is C8H6ClFN2O2. The molecule has 1 aromatic carbocycles. The van der Waals surface area contributed by atoms with E-state index in [1.807, 2.05) is 0 Å². The molecule has 1 aromatic heterocycles. The first-order valence-electron chi connectivity index (χ1n) is 3.54. The number of carbonyl (C=O) groups is 1. The van der Waals surface area contributed by atoms with Crippen LogP contribution in [0.15, 0.2) is 18.5 Å². The lowest BCUT2D eigenvalue weighted by molar-refractivity contribution is 0.0696. The molecule has 0 fully saturated rings. The van der Waals surface area contributed by atoms with Gasteiger partial charge in [-0.3, -0.25) is 0 Å². The van der Waals surface area contributed by atoms with E-state index in [4.69, 9.17) is 5.11 Å². The third-order valence-corrected chi connectivity index (χ3v) is 1.72. The largest absolute Gasteiger partial charge is 0.478 e. The lowest BCUT2D eigenvalue weighted by Crippen LogP contribution is -1.97. The van der Waals surface area contributed by atoms with Crippen molar-refractivity contribution in [2.75, 3.05) is 0 Å². The molecule has 0 bridgehead atoms. The standard InChI is InChI=1S/C8H5FN2O2.ClH/c9-5-1-4(8(12)13)2-6-7(5)11-3-10-6;/h1-3H,(H,10,11)(H,12,13);1H. The van der Waals surface area contributed by atoms with E-state index in [9.17, 15) is 9.18 Å². The van der Waals surface area contributed by atoms with Gasteiger partial charge >= 0.3 is 5.97 Å². The van der Waals surface area contributed by atoms with Crippen LogP contribution < -0.4 is 0 Å². The number of aromatic carboxylic acids is 1. The number of aromatic nitrogens is 2. The second kappa shape index (κ2) is 3.63. The number of carboxylic acid groups (broad SMARTS) is 1. The van der Waals surface area contributed by atoms with Gasteiger partial charge in [0.2, 0.25) is 0 Å². The van der Waals surface area contributed by atoms with E-state index < -0.39 is 11.8 Å². The quantitative estimate of drug-likeness (QED) is 0.764. The Hall–Kier alpha value is -1.62. The summed E-state index contributed by atoms with van der Waals surface area (Å²) >= 11 is 0. The predicted octanol–water partition coefficient (Wildman–Crippen LogP) is 1.82. The maximum absolute atomic E-state index is 13.1. The molecule has 0 aliphatic carbocycles. The summed E-state index contributed by atoms with van der Waals surface area (Å²) in [5.41, 5.74) is 0.455. The zero-order chi connectivity index (χ0) is 9.42. The Morgan fingerprint density at radius 1 is 1.50 bits per heavy atom. The average Bonchev–Trinajstić information content (AvgIpc) is 2.51. The maximum atomic E-state index is 13.1. The van der Waals surface area contributed by atoms with Crippen LogP contribution in [0.2, 0.25) is 0 Å². The fourth-order valence-electron chi connectivity index (χ4n) is 1.13. The van der Waals surface area contributed by atoms with Crippen molar-refractivity contribution < 1.29 is 14.3 Å². The van der Waals surface area contributed by atoms with E-state index in [-0.39, 0.29) is 23.5 Å². The number of nitrogens with zero attached hydrogens (tertiary/aromatic N) is 1. The fourth-order valence-corrected chi connectivity index (χ4v) is 1.13. The van der Waals surface area contributed by atoms with E-state index in [0.717, 1.165) is 6.07 Å². The molecule has 0 aliphatic heterocycles. The summed E-state index contributed by atoms with van der Waals surface area (Å²) in [6.45, 7) is 0. The molecule has 14 heavy (non-hydrogen) atoms. The Balaban J connectivity index is 0.000000980. The molecular weight excluding hydrogens is 211 g/mol. The molecule has 2 rings (SSSR count). The summed E-state index contributed by atoms with van der Waals surface area (Å²) in [5.74, 6) is -1.79. The second-order valence-corrected chi connectivity index (χ2v) is 2.56. The highest BCUT2D eigenvalue weighted by Gasteiger charge is 2.09. The van der Waals surface area contributed by atoms with Gasteiger partial charge in [-0.1, -0.05) is 0 Å². The zero-order valence-corrected chi connectivity index (χ0v) is 7.64. The smallest absolute Gasteiger partial charge is 0.335 e. The lowest BCUT2D eigenvalue weighted by atomic mass is 10.2. The lowest BCUT2D eigenvalue weighted by Gasteiger charge is -1.95. The number of imidazole rings is 1. The minimum absolute atomic E-state index is 0. The van der Waals surface area contributed by atoms with Gasteiger partial charge in [0.05, 0.1) is 17.4 Å². The van der Waals surface area contributed by atoms with Crippen LogP contribution in [0.5, 0.6) is 0 Å². The molecule has 2 N–H and O–H groups in total. The molecule has 0 spiro atoms. The predicted molar refractivity (Wildman–Crippen MR) is 50.3 cm³/mol. The van der Waals surface area contributed by atoms with Crippen LogP contribution in [0.1, 0.15) is 10.4 Å². The van der Waals surface area contributed by atoms with E-state index >= 15 is 0 Å². The minimum atomic E-state index is -1.16.